The number of hydrogen-bond donors (Lipinski definition) is 3. The van der Waals surface area contributed by atoms with Crippen LogP contribution in [0.3, 0.4) is 0 Å². The summed E-state index contributed by atoms with van der Waals surface area (Å²) >= 11 is 0. The zero-order chi connectivity index (χ0) is 16.8. The van der Waals surface area contributed by atoms with E-state index in [4.69, 9.17) is 5.73 Å². The lowest BCUT2D eigenvalue weighted by atomic mass is 10.2. The van der Waals surface area contributed by atoms with E-state index in [1.54, 1.807) is 0 Å². The minimum atomic E-state index is 0.226. The summed E-state index contributed by atoms with van der Waals surface area (Å²) in [5.74, 6) is 1.36. The number of para-hydroxylation sites is 1. The molecule has 0 atom stereocenters. The van der Waals surface area contributed by atoms with Gasteiger partial charge in [-0.2, -0.15) is 15.0 Å². The Morgan fingerprint density at radius 3 is 2.46 bits per heavy atom. The number of anilines is 3. The van der Waals surface area contributed by atoms with E-state index in [0.717, 1.165) is 17.8 Å². The van der Waals surface area contributed by atoms with Gasteiger partial charge in [-0.25, -0.2) is 0 Å². The van der Waals surface area contributed by atoms with Crippen molar-refractivity contribution in [3.8, 4) is 0 Å². The van der Waals surface area contributed by atoms with Crippen LogP contribution in [0.5, 0.6) is 0 Å². The second-order valence-electron chi connectivity index (χ2n) is 5.56. The molecule has 0 unspecified atom stereocenters. The lowest BCUT2D eigenvalue weighted by molar-refractivity contribution is -0.687. The Labute approximate surface area is 141 Å². The Morgan fingerprint density at radius 2 is 1.67 bits per heavy atom. The van der Waals surface area contributed by atoms with Gasteiger partial charge in [0, 0.05) is 11.3 Å². The second-order valence-corrected chi connectivity index (χ2v) is 5.56. The van der Waals surface area contributed by atoms with Crippen LogP contribution in [0.15, 0.2) is 54.6 Å². The number of nitrogens with two attached hydrogens (primary N) is 2. The molecule has 0 amide bonds. The molecule has 3 rings (SSSR count). The average Bonchev–Trinajstić information content (AvgIpc) is 2.57. The van der Waals surface area contributed by atoms with Gasteiger partial charge in [0.2, 0.25) is 11.9 Å². The van der Waals surface area contributed by atoms with E-state index in [-0.39, 0.29) is 5.95 Å². The average molecular weight is 321 g/mol. The van der Waals surface area contributed by atoms with Crippen molar-refractivity contribution in [3.05, 3.63) is 71.5 Å². The van der Waals surface area contributed by atoms with E-state index in [1.807, 2.05) is 49.4 Å². The molecule has 2 aromatic carbocycles. The molecule has 1 heterocycles. The number of nitrogens with zero attached hydrogens (tertiary/aromatic N) is 3. The first-order chi connectivity index (χ1) is 11.7. The van der Waals surface area contributed by atoms with E-state index in [9.17, 15) is 0 Å². The fraction of sp³-hybridized carbons (Fsp3) is 0.167. The number of quaternary nitrogens is 1. The molecule has 5 N–H and O–H groups in total. The Balaban J connectivity index is 1.66. The highest BCUT2D eigenvalue weighted by molar-refractivity contribution is 5.58. The van der Waals surface area contributed by atoms with Crippen molar-refractivity contribution in [2.75, 3.05) is 11.1 Å². The molecule has 0 aliphatic heterocycles. The standard InChI is InChI=1S/C18H20N6/c1-13-7-5-6-10-15(13)21-18-23-16(22-17(19)24-18)12-20-11-14-8-3-2-4-9-14/h2-10,20H,11-12H2,1H3,(H3,19,21,22,23,24)/p+1. The molecule has 3 aromatic rings. The summed E-state index contributed by atoms with van der Waals surface area (Å²) in [4.78, 5) is 12.8. The molecular weight excluding hydrogens is 300 g/mol. The van der Waals surface area contributed by atoms with Crippen LogP contribution in [-0.4, -0.2) is 15.0 Å². The van der Waals surface area contributed by atoms with Gasteiger partial charge in [0.1, 0.15) is 13.1 Å². The number of aromatic nitrogens is 3. The first-order valence-corrected chi connectivity index (χ1v) is 7.89. The molecule has 122 valence electrons. The molecule has 0 aliphatic carbocycles. The van der Waals surface area contributed by atoms with Crippen LogP contribution in [0.25, 0.3) is 0 Å². The topological polar surface area (TPSA) is 93.3 Å². The predicted molar refractivity (Wildman–Crippen MR) is 94.5 cm³/mol. The highest BCUT2D eigenvalue weighted by atomic mass is 15.2. The zero-order valence-corrected chi connectivity index (χ0v) is 13.6. The van der Waals surface area contributed by atoms with E-state index in [1.165, 1.54) is 5.56 Å². The minimum Gasteiger partial charge on any atom is -0.368 e. The third-order valence-corrected chi connectivity index (χ3v) is 3.64. The molecular formula is C18H21N6+. The van der Waals surface area contributed by atoms with Crippen LogP contribution in [0.1, 0.15) is 17.0 Å². The van der Waals surface area contributed by atoms with Gasteiger partial charge in [-0.05, 0) is 18.6 Å². The van der Waals surface area contributed by atoms with E-state index >= 15 is 0 Å². The van der Waals surface area contributed by atoms with E-state index in [2.05, 4.69) is 37.7 Å². The van der Waals surface area contributed by atoms with Crippen molar-refractivity contribution in [1.29, 1.82) is 0 Å². The molecule has 6 nitrogen and oxygen atoms in total. The van der Waals surface area contributed by atoms with Gasteiger partial charge >= 0.3 is 0 Å². The summed E-state index contributed by atoms with van der Waals surface area (Å²) in [7, 11) is 0. The van der Waals surface area contributed by atoms with Crippen LogP contribution >= 0.6 is 0 Å². The van der Waals surface area contributed by atoms with Crippen LogP contribution in [-0.2, 0) is 13.1 Å². The fourth-order valence-electron chi connectivity index (χ4n) is 2.40. The van der Waals surface area contributed by atoms with Crippen LogP contribution < -0.4 is 16.4 Å². The predicted octanol–water partition coefficient (Wildman–Crippen LogP) is 1.77. The Bertz CT molecular complexity index is 804. The molecule has 24 heavy (non-hydrogen) atoms. The molecule has 0 radical (unpaired) electrons. The number of hydrogen-bond acceptors (Lipinski definition) is 5. The summed E-state index contributed by atoms with van der Waals surface area (Å²) in [6.07, 6.45) is 0. The molecule has 0 saturated carbocycles. The first kappa shape index (κ1) is 15.9. The van der Waals surface area contributed by atoms with Crippen LogP contribution in [0.2, 0.25) is 0 Å². The lowest BCUT2D eigenvalue weighted by Crippen LogP contribution is -2.81. The van der Waals surface area contributed by atoms with Crippen molar-refractivity contribution in [2.45, 2.75) is 20.0 Å². The number of rotatable bonds is 6. The summed E-state index contributed by atoms with van der Waals surface area (Å²) in [6, 6.07) is 18.3. The van der Waals surface area contributed by atoms with Gasteiger partial charge in [0.15, 0.2) is 5.82 Å². The van der Waals surface area contributed by atoms with Gasteiger partial charge < -0.3 is 16.4 Å². The van der Waals surface area contributed by atoms with Gasteiger partial charge in [-0.15, -0.1) is 0 Å². The lowest BCUT2D eigenvalue weighted by Gasteiger charge is -2.09. The summed E-state index contributed by atoms with van der Waals surface area (Å²) in [6.45, 7) is 3.54. The van der Waals surface area contributed by atoms with E-state index < -0.39 is 0 Å². The molecule has 0 fully saturated rings. The number of benzene rings is 2. The molecule has 0 aliphatic rings. The monoisotopic (exact) mass is 321 g/mol. The highest BCUT2D eigenvalue weighted by Crippen LogP contribution is 2.17. The van der Waals surface area contributed by atoms with Crippen molar-refractivity contribution in [1.82, 2.24) is 15.0 Å². The normalized spacial score (nSPS) is 10.5. The zero-order valence-electron chi connectivity index (χ0n) is 13.6. The van der Waals surface area contributed by atoms with Gasteiger partial charge in [0.25, 0.3) is 0 Å². The third kappa shape index (κ3) is 4.27. The van der Waals surface area contributed by atoms with Gasteiger partial charge in [-0.1, -0.05) is 48.5 Å². The van der Waals surface area contributed by atoms with Crippen molar-refractivity contribution in [3.63, 3.8) is 0 Å². The third-order valence-electron chi connectivity index (χ3n) is 3.64. The maximum atomic E-state index is 5.82. The second kappa shape index (κ2) is 7.52. The molecule has 0 saturated heterocycles. The fourth-order valence-corrected chi connectivity index (χ4v) is 2.40. The molecule has 0 spiro atoms. The summed E-state index contributed by atoms with van der Waals surface area (Å²) in [5.41, 5.74) is 9.16. The summed E-state index contributed by atoms with van der Waals surface area (Å²) < 4.78 is 0. The first-order valence-electron chi connectivity index (χ1n) is 7.89. The number of nitrogens with one attached hydrogen (secondary N) is 1. The van der Waals surface area contributed by atoms with Crippen molar-refractivity contribution in [2.24, 2.45) is 0 Å². The van der Waals surface area contributed by atoms with Crippen molar-refractivity contribution >= 4 is 17.6 Å². The molecule has 0 bridgehead atoms. The Hall–Kier alpha value is -2.99. The quantitative estimate of drug-likeness (QED) is 0.643. The maximum absolute atomic E-state index is 5.82. The highest BCUT2D eigenvalue weighted by Gasteiger charge is 2.07. The SMILES string of the molecule is Cc1ccccc1Nc1nc(N)nc(C[NH2+]Cc2ccccc2)n1. The van der Waals surface area contributed by atoms with Gasteiger partial charge in [0.05, 0.1) is 0 Å². The van der Waals surface area contributed by atoms with Gasteiger partial charge in [-0.3, -0.25) is 0 Å². The number of nitrogen functional groups attached to an aromatic ring is 1. The van der Waals surface area contributed by atoms with E-state index in [0.29, 0.717) is 18.3 Å². The van der Waals surface area contributed by atoms with Crippen molar-refractivity contribution < 1.29 is 5.32 Å². The summed E-state index contributed by atoms with van der Waals surface area (Å²) in [5, 5.41) is 5.35. The molecule has 6 heteroatoms. The maximum Gasteiger partial charge on any atom is 0.232 e. The van der Waals surface area contributed by atoms with Crippen LogP contribution in [0.4, 0.5) is 17.6 Å². The molecule has 1 aromatic heterocycles. The Kier molecular flexibility index (Phi) is 4.98. The Morgan fingerprint density at radius 1 is 0.917 bits per heavy atom. The smallest absolute Gasteiger partial charge is 0.232 e. The van der Waals surface area contributed by atoms with Crippen LogP contribution in [0, 0.1) is 6.92 Å². The largest absolute Gasteiger partial charge is 0.368 e. The number of aryl methyl sites for hydroxylation is 1. The minimum absolute atomic E-state index is 0.226.